The van der Waals surface area contributed by atoms with Gasteiger partial charge in [0, 0.05) is 94.1 Å². The van der Waals surface area contributed by atoms with E-state index in [4.69, 9.17) is 4.84 Å². The molecule has 16 nitrogen and oxygen atoms in total. The molecule has 6 amide bonds. The number of carbonyl (C=O) groups is 7. The van der Waals surface area contributed by atoms with Crippen LogP contribution in [-0.4, -0.2) is 97.4 Å². The summed E-state index contributed by atoms with van der Waals surface area (Å²) in [5.74, 6) is -0.459. The Morgan fingerprint density at radius 3 is 2.16 bits per heavy atom. The minimum atomic E-state index is -0.485. The molecule has 17 heteroatoms. The lowest BCUT2D eigenvalue weighted by Gasteiger charge is -2.15. The van der Waals surface area contributed by atoms with Gasteiger partial charge in [0.2, 0.25) is 35.4 Å². The minimum absolute atomic E-state index is 0.0123. The number of ketones is 1. The number of likely N-dealkylation sites (tertiary alicyclic amines) is 1. The summed E-state index contributed by atoms with van der Waals surface area (Å²) in [4.78, 5) is 95.5. The number of nitrogens with one attached hydrogen (secondary N) is 3. The van der Waals surface area contributed by atoms with E-state index in [-0.39, 0.29) is 54.3 Å². The van der Waals surface area contributed by atoms with Gasteiger partial charge in [0.25, 0.3) is 0 Å². The van der Waals surface area contributed by atoms with E-state index in [0.29, 0.717) is 90.5 Å². The SMILES string of the molecule is O=C(CCCCCN1C(=O)CC(Sc2ccc(CONC(=O)CCCCCCC(=O)Nc3ccccc3)cc2)C1=O)CCc1cn(CCCCCC(=O)NCCN2CC=CC2=O)nn1. The Hall–Kier alpha value is -5.68. The molecule has 2 aliphatic rings. The molecule has 64 heavy (non-hydrogen) atoms. The molecule has 1 saturated heterocycles. The number of hydrogen-bond acceptors (Lipinski definition) is 11. The standard InChI is InChI=1S/C47H62N8O8S/c56-39(25-24-38-34-54(52-50-38)30-12-5-11-18-42(57)48-28-32-53-29-14-21-45(53)60)17-8-4-13-31-55-46(61)33-41(47(55)62)64-40-26-22-36(23-27-40)35-63-51-44(59)20-10-2-1-9-19-43(58)49-37-15-6-3-7-16-37/h3,6-7,14-16,21-23,26-27,34,41H,1-2,4-5,8-13,17-20,24-25,28-33,35H2,(H,48,57)(H,49,58)(H,51,59). The summed E-state index contributed by atoms with van der Waals surface area (Å²) in [5, 5.41) is 13.6. The lowest BCUT2D eigenvalue weighted by molar-refractivity contribution is -0.138. The van der Waals surface area contributed by atoms with Crippen molar-refractivity contribution >= 4 is 58.7 Å². The summed E-state index contributed by atoms with van der Waals surface area (Å²) in [6, 6.07) is 16.8. The van der Waals surface area contributed by atoms with Crippen molar-refractivity contribution in [3.63, 3.8) is 0 Å². The smallest absolute Gasteiger partial charge is 0.246 e. The molecule has 2 aliphatic heterocycles. The van der Waals surface area contributed by atoms with Gasteiger partial charge in [0.1, 0.15) is 5.78 Å². The molecule has 1 unspecified atom stereocenters. The molecule has 0 aliphatic carbocycles. The maximum atomic E-state index is 13.1. The molecule has 1 fully saturated rings. The first-order valence-electron chi connectivity index (χ1n) is 22.6. The first kappa shape index (κ1) is 49.3. The zero-order valence-electron chi connectivity index (χ0n) is 36.7. The van der Waals surface area contributed by atoms with E-state index in [2.05, 4.69) is 26.4 Å². The molecule has 5 rings (SSSR count). The number of nitrogens with zero attached hydrogens (tertiary/aromatic N) is 5. The van der Waals surface area contributed by atoms with Gasteiger partial charge in [-0.15, -0.1) is 16.9 Å². The Labute approximate surface area is 379 Å². The second-order valence-corrected chi connectivity index (χ2v) is 17.4. The van der Waals surface area contributed by atoms with Crippen molar-refractivity contribution in [2.75, 3.05) is 31.5 Å². The lowest BCUT2D eigenvalue weighted by atomic mass is 10.1. The van der Waals surface area contributed by atoms with Gasteiger partial charge in [-0.25, -0.2) is 5.48 Å². The maximum absolute atomic E-state index is 13.1. The monoisotopic (exact) mass is 898 g/mol. The van der Waals surface area contributed by atoms with Crippen molar-refractivity contribution in [3.8, 4) is 0 Å². The van der Waals surface area contributed by atoms with Crippen molar-refractivity contribution < 1.29 is 38.4 Å². The van der Waals surface area contributed by atoms with Crippen LogP contribution < -0.4 is 16.1 Å². The first-order chi connectivity index (χ1) is 31.1. The van der Waals surface area contributed by atoms with E-state index >= 15 is 0 Å². The van der Waals surface area contributed by atoms with Gasteiger partial charge in [-0.2, -0.15) is 0 Å². The Morgan fingerprint density at radius 2 is 1.42 bits per heavy atom. The van der Waals surface area contributed by atoms with Gasteiger partial charge in [-0.3, -0.25) is 48.0 Å². The van der Waals surface area contributed by atoms with Crippen molar-refractivity contribution in [2.24, 2.45) is 0 Å². The van der Waals surface area contributed by atoms with E-state index in [9.17, 15) is 33.6 Å². The minimum Gasteiger partial charge on any atom is -0.354 e. The number of hydroxylamine groups is 1. The number of aromatic nitrogens is 3. The normalized spacial score (nSPS) is 14.7. The number of Topliss-reactive ketones (excluding diaryl/α,β-unsaturated/α-hetero) is 1. The van der Waals surface area contributed by atoms with Gasteiger partial charge in [0.05, 0.1) is 17.6 Å². The molecular weight excluding hydrogens is 837 g/mol. The fourth-order valence-electron chi connectivity index (χ4n) is 7.29. The molecular formula is C47H62N8O8S. The summed E-state index contributed by atoms with van der Waals surface area (Å²) in [5.41, 5.74) is 4.89. The molecule has 2 aromatic carbocycles. The number of imide groups is 1. The highest BCUT2D eigenvalue weighted by molar-refractivity contribution is 8.00. The quantitative estimate of drug-likeness (QED) is 0.0397. The van der Waals surface area contributed by atoms with Gasteiger partial charge < -0.3 is 15.5 Å². The largest absolute Gasteiger partial charge is 0.354 e. The summed E-state index contributed by atoms with van der Waals surface area (Å²) < 4.78 is 1.77. The number of unbranched alkanes of at least 4 members (excludes halogenated alkanes) is 7. The molecule has 0 radical (unpaired) electrons. The molecule has 0 bridgehead atoms. The van der Waals surface area contributed by atoms with Crippen molar-refractivity contribution in [1.29, 1.82) is 0 Å². The Bertz CT molecular complexity index is 2030. The van der Waals surface area contributed by atoms with Crippen molar-refractivity contribution in [1.82, 2.24) is 35.6 Å². The Kier molecular flexibility index (Phi) is 21.2. The molecule has 3 aromatic rings. The second-order valence-electron chi connectivity index (χ2n) is 16.2. The van der Waals surface area contributed by atoms with Crippen molar-refractivity contribution in [2.45, 2.75) is 132 Å². The molecule has 0 saturated carbocycles. The second kappa shape index (κ2) is 27.5. The van der Waals surface area contributed by atoms with E-state index in [1.165, 1.54) is 16.7 Å². The highest BCUT2D eigenvalue weighted by Gasteiger charge is 2.38. The number of rotatable bonds is 31. The molecule has 3 heterocycles. The van der Waals surface area contributed by atoms with Crippen LogP contribution in [0.4, 0.5) is 5.69 Å². The van der Waals surface area contributed by atoms with Gasteiger partial charge in [-0.1, -0.05) is 67.3 Å². The summed E-state index contributed by atoms with van der Waals surface area (Å²) in [7, 11) is 0. The van der Waals surface area contributed by atoms with Crippen LogP contribution in [0.2, 0.25) is 0 Å². The fourth-order valence-corrected chi connectivity index (χ4v) is 8.36. The number of carbonyl (C=O) groups excluding carboxylic acids is 7. The Morgan fingerprint density at radius 1 is 0.734 bits per heavy atom. The lowest BCUT2D eigenvalue weighted by Crippen LogP contribution is -2.35. The van der Waals surface area contributed by atoms with Crippen LogP contribution in [0, 0.1) is 0 Å². The highest BCUT2D eigenvalue weighted by atomic mass is 32.2. The predicted octanol–water partition coefficient (Wildman–Crippen LogP) is 5.86. The number of para-hydroxylation sites is 1. The zero-order valence-corrected chi connectivity index (χ0v) is 37.5. The molecule has 3 N–H and O–H groups in total. The fraction of sp³-hybridized carbons (Fsp3) is 0.511. The van der Waals surface area contributed by atoms with Crippen LogP contribution in [0.25, 0.3) is 0 Å². The van der Waals surface area contributed by atoms with Gasteiger partial charge >= 0.3 is 0 Å². The molecule has 0 spiro atoms. The predicted molar refractivity (Wildman–Crippen MR) is 242 cm³/mol. The highest BCUT2D eigenvalue weighted by Crippen LogP contribution is 2.32. The summed E-state index contributed by atoms with van der Waals surface area (Å²) in [6.45, 7) is 2.78. The van der Waals surface area contributed by atoms with Gasteiger partial charge in [-0.05, 0) is 74.8 Å². The van der Waals surface area contributed by atoms with Crippen LogP contribution >= 0.6 is 11.8 Å². The third-order valence-electron chi connectivity index (χ3n) is 10.9. The molecule has 344 valence electrons. The van der Waals surface area contributed by atoms with E-state index in [1.54, 1.807) is 15.7 Å². The van der Waals surface area contributed by atoms with E-state index in [0.717, 1.165) is 66.8 Å². The summed E-state index contributed by atoms with van der Waals surface area (Å²) in [6.07, 6.45) is 15.7. The zero-order chi connectivity index (χ0) is 45.4. The number of amides is 6. The molecule has 1 aromatic heterocycles. The number of thioether (sulfide) groups is 1. The number of benzene rings is 2. The van der Waals surface area contributed by atoms with E-state index in [1.807, 2.05) is 66.9 Å². The third kappa shape index (κ3) is 18.2. The van der Waals surface area contributed by atoms with Crippen LogP contribution in [0.5, 0.6) is 0 Å². The van der Waals surface area contributed by atoms with Gasteiger partial charge in [0.15, 0.2) is 0 Å². The van der Waals surface area contributed by atoms with Crippen LogP contribution in [0.15, 0.2) is 77.8 Å². The number of hydrogen-bond donors (Lipinski definition) is 3. The Balaban J connectivity index is 0.838. The molecule has 1 atom stereocenters. The number of aryl methyl sites for hydroxylation is 2. The average Bonchev–Trinajstić information content (AvgIpc) is 3.99. The van der Waals surface area contributed by atoms with E-state index < -0.39 is 5.25 Å². The third-order valence-corrected chi connectivity index (χ3v) is 12.1. The topological polar surface area (TPSA) is 202 Å². The first-order valence-corrected chi connectivity index (χ1v) is 23.5. The van der Waals surface area contributed by atoms with Crippen molar-refractivity contribution in [3.05, 3.63) is 84.2 Å². The van der Waals surface area contributed by atoms with Crippen LogP contribution in [0.3, 0.4) is 0 Å². The average molecular weight is 899 g/mol. The van der Waals surface area contributed by atoms with Crippen LogP contribution in [-0.2, 0) is 58.0 Å². The van der Waals surface area contributed by atoms with Crippen LogP contribution in [0.1, 0.15) is 114 Å². The summed E-state index contributed by atoms with van der Waals surface area (Å²) >= 11 is 1.36. The number of anilines is 1. The maximum Gasteiger partial charge on any atom is 0.246 e.